The first kappa shape index (κ1) is 28.4. The van der Waals surface area contributed by atoms with Crippen molar-refractivity contribution in [2.45, 2.75) is 37.5 Å². The molecule has 11 heteroatoms. The van der Waals surface area contributed by atoms with Crippen LogP contribution in [-0.4, -0.2) is 63.6 Å². The van der Waals surface area contributed by atoms with Crippen LogP contribution in [0, 0.1) is 5.92 Å². The van der Waals surface area contributed by atoms with Crippen molar-refractivity contribution in [3.05, 3.63) is 63.7 Å². The molecule has 1 fully saturated rings. The lowest BCUT2D eigenvalue weighted by Crippen LogP contribution is -2.27. The van der Waals surface area contributed by atoms with Crippen LogP contribution in [-0.2, 0) is 29.1 Å². The van der Waals surface area contributed by atoms with Crippen LogP contribution in [0.25, 0.3) is 0 Å². The quantitative estimate of drug-likeness (QED) is 0.504. The number of nitrogens with zero attached hydrogens (tertiary/aromatic N) is 2. The van der Waals surface area contributed by atoms with Gasteiger partial charge in [-0.25, -0.2) is 8.42 Å². The molecule has 0 aliphatic carbocycles. The summed E-state index contributed by atoms with van der Waals surface area (Å²) in [7, 11) is 0.374. The number of hydrogen-bond donors (Lipinski definition) is 1. The van der Waals surface area contributed by atoms with Crippen LogP contribution in [0.5, 0.6) is 0 Å². The van der Waals surface area contributed by atoms with Crippen LogP contribution in [0.4, 0.5) is 13.2 Å². The molecule has 1 saturated heterocycles. The second-order valence-corrected chi connectivity index (χ2v) is 12.0. The van der Waals surface area contributed by atoms with Crippen LogP contribution in [0.2, 0.25) is 5.02 Å². The van der Waals surface area contributed by atoms with Crippen molar-refractivity contribution < 1.29 is 26.4 Å². The molecule has 0 spiro atoms. The third-order valence-electron chi connectivity index (χ3n) is 6.24. The first-order valence-electron chi connectivity index (χ1n) is 11.7. The Kier molecular flexibility index (Phi) is 9.08. The Morgan fingerprint density at radius 2 is 1.89 bits per heavy atom. The SMILES string of the molecule is CCS(=O)(=O)c1ccc(Cl)cc1CNC(=O)c1ccc(CN2CC[C@H](CN(C)C)C2)c(C(F)(F)F)c1. The molecule has 1 N–H and O–H groups in total. The summed E-state index contributed by atoms with van der Waals surface area (Å²) in [5.74, 6) is -0.467. The predicted molar refractivity (Wildman–Crippen MR) is 134 cm³/mol. The number of hydrogen-bond acceptors (Lipinski definition) is 5. The molecule has 0 bridgehead atoms. The average molecular weight is 546 g/mol. The molecule has 1 heterocycles. The third kappa shape index (κ3) is 7.21. The second-order valence-electron chi connectivity index (χ2n) is 9.36. The number of alkyl halides is 3. The van der Waals surface area contributed by atoms with Gasteiger partial charge in [-0.15, -0.1) is 0 Å². The highest BCUT2D eigenvalue weighted by Crippen LogP contribution is 2.34. The zero-order chi connectivity index (χ0) is 26.7. The first-order chi connectivity index (χ1) is 16.8. The van der Waals surface area contributed by atoms with E-state index in [0.717, 1.165) is 32.1 Å². The van der Waals surface area contributed by atoms with Crippen LogP contribution in [0.15, 0.2) is 41.3 Å². The Hall–Kier alpha value is -2.14. The summed E-state index contributed by atoms with van der Waals surface area (Å²) in [5.41, 5.74) is -0.606. The molecular formula is C25H31ClF3N3O3S. The standard InChI is InChI=1S/C25H31ClF3N3O3S/c1-4-36(34,35)23-8-7-21(26)11-20(23)13-30-24(33)18-5-6-19(22(12-18)25(27,28)29)16-32-10-9-17(15-32)14-31(2)3/h5-8,11-12,17H,4,9-10,13-16H2,1-3H3,(H,30,33)/t17-/m1/s1. The zero-order valence-corrected chi connectivity index (χ0v) is 22.1. The largest absolute Gasteiger partial charge is 0.416 e. The van der Waals surface area contributed by atoms with Crippen molar-refractivity contribution in [1.82, 2.24) is 15.1 Å². The molecule has 1 atom stereocenters. The summed E-state index contributed by atoms with van der Waals surface area (Å²) in [6.07, 6.45) is -3.69. The number of carbonyl (C=O) groups is 1. The lowest BCUT2D eigenvalue weighted by Gasteiger charge is -2.21. The van der Waals surface area contributed by atoms with Crippen molar-refractivity contribution in [3.63, 3.8) is 0 Å². The van der Waals surface area contributed by atoms with Gasteiger partial charge in [0.05, 0.1) is 16.2 Å². The molecule has 198 valence electrons. The number of sulfone groups is 1. The summed E-state index contributed by atoms with van der Waals surface area (Å²) in [6.45, 7) is 3.78. The number of rotatable bonds is 9. The molecule has 3 rings (SSSR count). The molecule has 36 heavy (non-hydrogen) atoms. The molecule has 0 radical (unpaired) electrons. The Labute approximate surface area is 215 Å². The van der Waals surface area contributed by atoms with E-state index in [2.05, 4.69) is 10.2 Å². The summed E-state index contributed by atoms with van der Waals surface area (Å²) in [6, 6.07) is 7.81. The lowest BCUT2D eigenvalue weighted by molar-refractivity contribution is -0.138. The summed E-state index contributed by atoms with van der Waals surface area (Å²) < 4.78 is 66.4. The van der Waals surface area contributed by atoms with Crippen molar-refractivity contribution in [3.8, 4) is 0 Å². The number of likely N-dealkylation sites (tertiary alicyclic amines) is 1. The Morgan fingerprint density at radius 3 is 2.53 bits per heavy atom. The fourth-order valence-electron chi connectivity index (χ4n) is 4.50. The van der Waals surface area contributed by atoms with Gasteiger partial charge in [0.15, 0.2) is 9.84 Å². The number of nitrogens with one attached hydrogen (secondary N) is 1. The van der Waals surface area contributed by atoms with E-state index in [1.54, 1.807) is 0 Å². The number of carbonyl (C=O) groups excluding carboxylic acids is 1. The minimum absolute atomic E-state index is 0.0270. The normalized spacial score (nSPS) is 17.1. The maximum absolute atomic E-state index is 13.9. The average Bonchev–Trinajstić information content (AvgIpc) is 3.22. The van der Waals surface area contributed by atoms with Crippen LogP contribution < -0.4 is 5.32 Å². The Bertz CT molecular complexity index is 1200. The molecule has 6 nitrogen and oxygen atoms in total. The van der Waals surface area contributed by atoms with E-state index >= 15 is 0 Å². The summed E-state index contributed by atoms with van der Waals surface area (Å²) in [5, 5.41) is 2.81. The van der Waals surface area contributed by atoms with Crippen LogP contribution in [0.3, 0.4) is 0 Å². The first-order valence-corrected chi connectivity index (χ1v) is 13.7. The molecule has 1 amide bonds. The monoisotopic (exact) mass is 545 g/mol. The Morgan fingerprint density at radius 1 is 1.17 bits per heavy atom. The van der Waals surface area contributed by atoms with Gasteiger partial charge in [0, 0.05) is 36.8 Å². The highest BCUT2D eigenvalue weighted by Gasteiger charge is 2.35. The number of amides is 1. The smallest absolute Gasteiger partial charge is 0.348 e. The number of benzene rings is 2. The van der Waals surface area contributed by atoms with E-state index in [0.29, 0.717) is 5.92 Å². The fourth-order valence-corrected chi connectivity index (χ4v) is 5.82. The molecule has 2 aromatic carbocycles. The van der Waals surface area contributed by atoms with Crippen molar-refractivity contribution in [2.24, 2.45) is 5.92 Å². The van der Waals surface area contributed by atoms with Gasteiger partial charge in [-0.05, 0) is 74.4 Å². The zero-order valence-electron chi connectivity index (χ0n) is 20.5. The summed E-state index contributed by atoms with van der Waals surface area (Å²) in [4.78, 5) is 16.8. The molecule has 0 aromatic heterocycles. The highest BCUT2D eigenvalue weighted by molar-refractivity contribution is 7.91. The summed E-state index contributed by atoms with van der Waals surface area (Å²) >= 11 is 6.00. The van der Waals surface area contributed by atoms with Gasteiger partial charge in [0.2, 0.25) is 0 Å². The fraction of sp³-hybridized carbons (Fsp3) is 0.480. The van der Waals surface area contributed by atoms with Gasteiger partial charge in [-0.2, -0.15) is 13.2 Å². The van der Waals surface area contributed by atoms with E-state index in [9.17, 15) is 26.4 Å². The van der Waals surface area contributed by atoms with Crippen molar-refractivity contribution in [1.29, 1.82) is 0 Å². The predicted octanol–water partition coefficient (Wildman–Crippen LogP) is 4.47. The van der Waals surface area contributed by atoms with Crippen LogP contribution in [0.1, 0.15) is 40.4 Å². The van der Waals surface area contributed by atoms with E-state index < -0.39 is 27.5 Å². The molecule has 1 aliphatic rings. The van der Waals surface area contributed by atoms with Crippen molar-refractivity contribution in [2.75, 3.05) is 39.5 Å². The van der Waals surface area contributed by atoms with E-state index in [1.807, 2.05) is 19.0 Å². The number of halogens is 4. The van der Waals surface area contributed by atoms with E-state index in [1.165, 1.54) is 37.3 Å². The van der Waals surface area contributed by atoms with E-state index in [-0.39, 0.29) is 45.5 Å². The highest BCUT2D eigenvalue weighted by atomic mass is 35.5. The molecule has 1 aliphatic heterocycles. The molecule has 0 unspecified atom stereocenters. The lowest BCUT2D eigenvalue weighted by atomic mass is 10.0. The maximum Gasteiger partial charge on any atom is 0.416 e. The second kappa shape index (κ2) is 11.5. The minimum atomic E-state index is -4.62. The van der Waals surface area contributed by atoms with Gasteiger partial charge >= 0.3 is 6.18 Å². The van der Waals surface area contributed by atoms with E-state index in [4.69, 9.17) is 11.6 Å². The van der Waals surface area contributed by atoms with Crippen LogP contribution >= 0.6 is 11.6 Å². The van der Waals surface area contributed by atoms with Gasteiger partial charge in [0.25, 0.3) is 5.91 Å². The van der Waals surface area contributed by atoms with Gasteiger partial charge < -0.3 is 10.2 Å². The maximum atomic E-state index is 13.9. The molecule has 0 saturated carbocycles. The van der Waals surface area contributed by atoms with Gasteiger partial charge in [-0.3, -0.25) is 9.69 Å². The van der Waals surface area contributed by atoms with Gasteiger partial charge in [0.1, 0.15) is 0 Å². The molecule has 2 aromatic rings. The topological polar surface area (TPSA) is 69.7 Å². The van der Waals surface area contributed by atoms with Crippen molar-refractivity contribution >= 4 is 27.3 Å². The Balaban J connectivity index is 1.77. The third-order valence-corrected chi connectivity index (χ3v) is 8.31. The molecular weight excluding hydrogens is 515 g/mol. The van der Waals surface area contributed by atoms with Gasteiger partial charge in [-0.1, -0.05) is 24.6 Å². The minimum Gasteiger partial charge on any atom is -0.348 e.